The molecule has 4 rings (SSSR count). The van der Waals surface area contributed by atoms with Gasteiger partial charge in [0.05, 0.1) is 11.0 Å². The first kappa shape index (κ1) is 11.8. The van der Waals surface area contributed by atoms with E-state index in [1.54, 1.807) is 0 Å². The van der Waals surface area contributed by atoms with Crippen LogP contribution < -0.4 is 0 Å². The number of hydrogen-bond donors (Lipinski definition) is 2. The van der Waals surface area contributed by atoms with Crippen LogP contribution in [0.3, 0.4) is 0 Å². The van der Waals surface area contributed by atoms with Crippen molar-refractivity contribution in [3.05, 3.63) is 35.9 Å². The van der Waals surface area contributed by atoms with E-state index in [9.17, 15) is 0 Å². The second-order valence-electron chi connectivity index (χ2n) is 5.52. The third-order valence-electron chi connectivity index (χ3n) is 4.40. The molecule has 19 heavy (non-hydrogen) atoms. The van der Waals surface area contributed by atoms with Crippen molar-refractivity contribution in [3.63, 3.8) is 0 Å². The van der Waals surface area contributed by atoms with Crippen LogP contribution in [-0.2, 0) is 0 Å². The molecule has 0 aliphatic heterocycles. The standard InChI is InChI=1S/C15H14N2S2/c1-2-7-3-8-4-9(8)11-6-13-12(5-10(7)11)16-14(18)15(19)17-13/h2,5-9H,1,3-4H2,(H,16,18)(H,17,19). The van der Waals surface area contributed by atoms with Gasteiger partial charge in [0.2, 0.25) is 0 Å². The number of allylic oxidation sites excluding steroid dienone is 1. The van der Waals surface area contributed by atoms with Crippen molar-refractivity contribution in [2.24, 2.45) is 5.92 Å². The van der Waals surface area contributed by atoms with E-state index in [2.05, 4.69) is 60.0 Å². The molecule has 1 saturated carbocycles. The Hall–Kier alpha value is -1.00. The molecule has 0 radical (unpaired) electrons. The first-order valence-corrected chi connectivity index (χ1v) is 7.43. The number of fused-ring (bicyclic) bond motifs is 4. The highest BCUT2D eigenvalue weighted by Crippen LogP contribution is 2.58. The predicted octanol–water partition coefficient (Wildman–Crippen LogP) is 3.98. The Morgan fingerprint density at radius 3 is 2.32 bits per heavy atom. The molecule has 3 atom stereocenters. The van der Waals surface area contributed by atoms with Gasteiger partial charge < -0.3 is 0 Å². The molecular formula is C15H14N2S2. The van der Waals surface area contributed by atoms with Gasteiger partial charge >= 0.3 is 0 Å². The van der Waals surface area contributed by atoms with Crippen LogP contribution in [0.2, 0.25) is 0 Å². The molecule has 2 nitrogen and oxygen atoms in total. The summed E-state index contributed by atoms with van der Waals surface area (Å²) >= 11 is 8.60. The Balaban J connectivity index is 1.99. The fourth-order valence-electron chi connectivity index (χ4n) is 3.32. The van der Waals surface area contributed by atoms with Gasteiger partial charge in [-0.1, -0.05) is 6.08 Å². The normalized spacial score (nSPS) is 27.8. The zero-order valence-electron chi connectivity index (χ0n) is 10.4. The summed E-state index contributed by atoms with van der Waals surface area (Å²) in [4.78, 5) is 8.97. The van der Waals surface area contributed by atoms with E-state index >= 15 is 0 Å². The molecule has 1 aromatic carbocycles. The van der Waals surface area contributed by atoms with Gasteiger partial charge in [0.25, 0.3) is 0 Å². The molecular weight excluding hydrogens is 272 g/mol. The second-order valence-corrected chi connectivity index (χ2v) is 6.37. The second kappa shape index (κ2) is 4.00. The first-order valence-electron chi connectivity index (χ1n) is 6.53. The molecule has 2 aliphatic carbocycles. The molecule has 96 valence electrons. The van der Waals surface area contributed by atoms with E-state index in [1.807, 2.05) is 0 Å². The number of rotatable bonds is 1. The minimum Gasteiger partial charge on any atom is -0.237 e. The van der Waals surface area contributed by atoms with Crippen LogP contribution >= 0.6 is 25.3 Å². The van der Waals surface area contributed by atoms with Crippen LogP contribution in [0.25, 0.3) is 11.0 Å². The molecule has 3 unspecified atom stereocenters. The summed E-state index contributed by atoms with van der Waals surface area (Å²) in [5.41, 5.74) is 4.67. The van der Waals surface area contributed by atoms with Crippen molar-refractivity contribution < 1.29 is 0 Å². The van der Waals surface area contributed by atoms with E-state index in [0.717, 1.165) is 22.9 Å². The minimum absolute atomic E-state index is 0.462. The van der Waals surface area contributed by atoms with Gasteiger partial charge in [-0.2, -0.15) is 0 Å². The number of nitrogens with zero attached hydrogens (tertiary/aromatic N) is 2. The van der Waals surface area contributed by atoms with Crippen LogP contribution in [0, 0.1) is 5.92 Å². The molecule has 0 saturated heterocycles. The highest BCUT2D eigenvalue weighted by Gasteiger charge is 2.45. The third kappa shape index (κ3) is 1.73. The van der Waals surface area contributed by atoms with Gasteiger partial charge in [-0.05, 0) is 47.9 Å². The predicted molar refractivity (Wildman–Crippen MR) is 82.4 cm³/mol. The van der Waals surface area contributed by atoms with E-state index in [1.165, 1.54) is 24.0 Å². The van der Waals surface area contributed by atoms with Crippen molar-refractivity contribution in [2.75, 3.05) is 0 Å². The molecule has 1 fully saturated rings. The number of thiol groups is 2. The Bertz CT molecular complexity index is 711. The van der Waals surface area contributed by atoms with E-state index in [4.69, 9.17) is 0 Å². The fourth-order valence-corrected chi connectivity index (χ4v) is 3.64. The van der Waals surface area contributed by atoms with Gasteiger partial charge in [-0.3, -0.25) is 0 Å². The smallest absolute Gasteiger partial charge is 0.126 e. The summed E-state index contributed by atoms with van der Waals surface area (Å²) in [6.07, 6.45) is 4.62. The average Bonchev–Trinajstić information content (AvgIpc) is 3.17. The van der Waals surface area contributed by atoms with Crippen LogP contribution in [0.1, 0.15) is 35.8 Å². The topological polar surface area (TPSA) is 25.8 Å². The molecule has 0 spiro atoms. The zero-order chi connectivity index (χ0) is 13.1. The van der Waals surface area contributed by atoms with E-state index in [-0.39, 0.29) is 0 Å². The lowest BCUT2D eigenvalue weighted by molar-refractivity contribution is 0.613. The quantitative estimate of drug-likeness (QED) is 0.612. The summed E-state index contributed by atoms with van der Waals surface area (Å²) in [6, 6.07) is 4.37. The lowest BCUT2D eigenvalue weighted by atomic mass is 9.82. The largest absolute Gasteiger partial charge is 0.237 e. The van der Waals surface area contributed by atoms with Crippen molar-refractivity contribution in [1.82, 2.24) is 9.97 Å². The number of hydrogen-bond acceptors (Lipinski definition) is 4. The Morgan fingerprint density at radius 1 is 1.05 bits per heavy atom. The maximum atomic E-state index is 4.49. The van der Waals surface area contributed by atoms with Crippen LogP contribution in [-0.4, -0.2) is 9.97 Å². The van der Waals surface area contributed by atoms with Gasteiger partial charge in [0.15, 0.2) is 0 Å². The van der Waals surface area contributed by atoms with Gasteiger partial charge in [-0.15, -0.1) is 31.8 Å². The van der Waals surface area contributed by atoms with Crippen LogP contribution in [0.15, 0.2) is 34.8 Å². The molecule has 0 amide bonds. The highest BCUT2D eigenvalue weighted by molar-refractivity contribution is 7.83. The monoisotopic (exact) mass is 286 g/mol. The van der Waals surface area contributed by atoms with Gasteiger partial charge in [0, 0.05) is 5.92 Å². The Kier molecular flexibility index (Phi) is 2.48. The maximum Gasteiger partial charge on any atom is 0.126 e. The maximum absolute atomic E-state index is 4.49. The summed E-state index contributed by atoms with van der Waals surface area (Å²) in [5.74, 6) is 2.04. The molecule has 0 bridgehead atoms. The van der Waals surface area contributed by atoms with Crippen molar-refractivity contribution in [1.29, 1.82) is 0 Å². The summed E-state index contributed by atoms with van der Waals surface area (Å²) in [5, 5.41) is 1.19. The van der Waals surface area contributed by atoms with E-state index < -0.39 is 0 Å². The summed E-state index contributed by atoms with van der Waals surface area (Å²) in [6.45, 7) is 3.98. The molecule has 1 aromatic heterocycles. The first-order chi connectivity index (χ1) is 9.17. The molecule has 0 N–H and O–H groups in total. The minimum atomic E-state index is 0.462. The lowest BCUT2D eigenvalue weighted by Gasteiger charge is -2.22. The van der Waals surface area contributed by atoms with Crippen LogP contribution in [0.5, 0.6) is 0 Å². The molecule has 2 aromatic rings. The van der Waals surface area contributed by atoms with Gasteiger partial charge in [0.1, 0.15) is 10.1 Å². The molecule has 1 heterocycles. The fraction of sp³-hybridized carbons (Fsp3) is 0.333. The third-order valence-corrected chi connectivity index (χ3v) is 5.20. The Morgan fingerprint density at radius 2 is 1.68 bits per heavy atom. The number of benzene rings is 1. The van der Waals surface area contributed by atoms with E-state index in [0.29, 0.717) is 16.0 Å². The van der Waals surface area contributed by atoms with Crippen molar-refractivity contribution in [2.45, 2.75) is 34.7 Å². The lowest BCUT2D eigenvalue weighted by Crippen LogP contribution is -2.08. The van der Waals surface area contributed by atoms with Crippen molar-refractivity contribution >= 4 is 36.3 Å². The highest BCUT2D eigenvalue weighted by atomic mass is 32.1. The molecule has 4 heteroatoms. The zero-order valence-corrected chi connectivity index (χ0v) is 12.2. The van der Waals surface area contributed by atoms with Crippen molar-refractivity contribution in [3.8, 4) is 0 Å². The number of aromatic nitrogens is 2. The SMILES string of the molecule is C=CC1CC2CC2c2cc3nc(S)c(S)nc3cc21. The van der Waals surface area contributed by atoms with Gasteiger partial charge in [-0.25, -0.2) is 9.97 Å². The average molecular weight is 286 g/mol. The molecule has 2 aliphatic rings. The van der Waals surface area contributed by atoms with Crippen LogP contribution in [0.4, 0.5) is 0 Å². The Labute approximate surface area is 123 Å². The summed E-state index contributed by atoms with van der Waals surface area (Å²) < 4.78 is 0. The summed E-state index contributed by atoms with van der Waals surface area (Å²) in [7, 11) is 0.